The first-order chi connectivity index (χ1) is 17.9. The van der Waals surface area contributed by atoms with Gasteiger partial charge >= 0.3 is 5.69 Å². The maximum absolute atomic E-state index is 12.7. The lowest BCUT2D eigenvalue weighted by atomic mass is 9.82. The molecule has 6 rings (SSSR count). The highest BCUT2D eigenvalue weighted by molar-refractivity contribution is 6.30. The van der Waals surface area contributed by atoms with Gasteiger partial charge in [0.25, 0.3) is 0 Å². The van der Waals surface area contributed by atoms with Crippen molar-refractivity contribution in [2.24, 2.45) is 14.1 Å². The van der Waals surface area contributed by atoms with Gasteiger partial charge in [0.05, 0.1) is 34.9 Å². The summed E-state index contributed by atoms with van der Waals surface area (Å²) in [5.74, 6) is 0. The molecule has 3 aromatic heterocycles. The van der Waals surface area contributed by atoms with E-state index in [2.05, 4.69) is 15.0 Å². The van der Waals surface area contributed by atoms with Crippen LogP contribution in [0.5, 0.6) is 0 Å². The number of fused-ring (bicyclic) bond motifs is 2. The summed E-state index contributed by atoms with van der Waals surface area (Å²) in [5, 5.41) is 14.7. The number of halogens is 1. The maximum Gasteiger partial charge on any atom is 0.348 e. The first-order valence-corrected chi connectivity index (χ1v) is 12.1. The van der Waals surface area contributed by atoms with E-state index >= 15 is 0 Å². The number of aryl methyl sites for hydroxylation is 2. The normalized spacial score (nSPS) is 13.2. The summed E-state index contributed by atoms with van der Waals surface area (Å²) in [5.41, 5.74) is 2.67. The Morgan fingerprint density at radius 2 is 1.76 bits per heavy atom. The molecule has 1 N–H and O–H groups in total. The van der Waals surface area contributed by atoms with Gasteiger partial charge in [-0.15, -0.1) is 0 Å². The fourth-order valence-corrected chi connectivity index (χ4v) is 5.09. The van der Waals surface area contributed by atoms with Crippen molar-refractivity contribution in [1.82, 2.24) is 24.1 Å². The van der Waals surface area contributed by atoms with Gasteiger partial charge in [0, 0.05) is 41.7 Å². The van der Waals surface area contributed by atoms with E-state index in [1.54, 1.807) is 42.5 Å². The quantitative estimate of drug-likeness (QED) is 0.370. The Kier molecular flexibility index (Phi) is 5.40. The van der Waals surface area contributed by atoms with Gasteiger partial charge in [0.15, 0.2) is 5.60 Å². The highest BCUT2D eigenvalue weighted by Gasteiger charge is 2.37. The summed E-state index contributed by atoms with van der Waals surface area (Å²) in [6.07, 6.45) is 5.06. The number of pyridine rings is 1. The van der Waals surface area contributed by atoms with E-state index < -0.39 is 5.60 Å². The SMILES string of the molecule is Cn1cncc1C(O)(c1ccc2ncccc2c1)c1ccc2c(c1)c(-c1cccc(Cl)c1)nc(=O)n2C. The van der Waals surface area contributed by atoms with Gasteiger partial charge in [-0.05, 0) is 53.6 Å². The minimum absolute atomic E-state index is 0.376. The Balaban J connectivity index is 1.67. The number of aliphatic hydroxyl groups is 1. The van der Waals surface area contributed by atoms with Crippen LogP contribution >= 0.6 is 11.6 Å². The fourth-order valence-electron chi connectivity index (χ4n) is 4.90. The fraction of sp³-hybridized carbons (Fsp3) is 0.103. The zero-order valence-corrected chi connectivity index (χ0v) is 20.9. The molecule has 0 amide bonds. The third-order valence-electron chi connectivity index (χ3n) is 6.83. The Labute approximate surface area is 217 Å². The van der Waals surface area contributed by atoms with Gasteiger partial charge in [-0.2, -0.15) is 4.98 Å². The average Bonchev–Trinajstić information content (AvgIpc) is 3.36. The van der Waals surface area contributed by atoms with Crippen molar-refractivity contribution in [2.75, 3.05) is 0 Å². The lowest BCUT2D eigenvalue weighted by Crippen LogP contribution is -2.31. The molecule has 0 saturated carbocycles. The summed E-state index contributed by atoms with van der Waals surface area (Å²) >= 11 is 6.27. The minimum atomic E-state index is -1.55. The van der Waals surface area contributed by atoms with Crippen LogP contribution < -0.4 is 5.69 Å². The molecule has 182 valence electrons. The number of hydrogen-bond donors (Lipinski definition) is 1. The van der Waals surface area contributed by atoms with Crippen molar-refractivity contribution < 1.29 is 5.11 Å². The van der Waals surface area contributed by atoms with Crippen LogP contribution in [0, 0.1) is 0 Å². The number of imidazole rings is 1. The third kappa shape index (κ3) is 3.71. The molecular formula is C29H22ClN5O2. The van der Waals surface area contributed by atoms with E-state index in [0.717, 1.165) is 10.9 Å². The van der Waals surface area contributed by atoms with Crippen LogP contribution in [0.3, 0.4) is 0 Å². The molecule has 0 aliphatic carbocycles. The molecule has 1 unspecified atom stereocenters. The Bertz CT molecular complexity index is 1880. The number of benzene rings is 3. The molecular weight excluding hydrogens is 486 g/mol. The zero-order valence-electron chi connectivity index (χ0n) is 20.1. The van der Waals surface area contributed by atoms with Crippen LogP contribution in [0.15, 0.2) is 96.3 Å². The maximum atomic E-state index is 12.7. The van der Waals surface area contributed by atoms with Crippen LogP contribution in [-0.2, 0) is 19.7 Å². The van der Waals surface area contributed by atoms with E-state index in [-0.39, 0.29) is 5.69 Å². The molecule has 1 atom stereocenters. The molecule has 0 bridgehead atoms. The number of nitrogens with zero attached hydrogens (tertiary/aromatic N) is 5. The van der Waals surface area contributed by atoms with E-state index in [4.69, 9.17) is 11.6 Å². The summed E-state index contributed by atoms with van der Waals surface area (Å²) in [6.45, 7) is 0. The van der Waals surface area contributed by atoms with Gasteiger partial charge in [-0.3, -0.25) is 9.55 Å². The summed E-state index contributed by atoms with van der Waals surface area (Å²) in [7, 11) is 3.53. The van der Waals surface area contributed by atoms with Crippen molar-refractivity contribution in [2.45, 2.75) is 5.60 Å². The van der Waals surface area contributed by atoms with Crippen molar-refractivity contribution in [3.8, 4) is 11.3 Å². The van der Waals surface area contributed by atoms with Crippen molar-refractivity contribution in [3.63, 3.8) is 0 Å². The standard InChI is InChI=1S/C29H22ClN5O2/c1-34-17-31-16-26(34)29(37,20-8-10-24-18(13-20)6-4-12-32-24)21-9-11-25-23(15-21)27(33-28(36)35(25)2)19-5-3-7-22(30)14-19/h3-17,37H,1-2H3. The average molecular weight is 508 g/mol. The molecule has 3 aromatic carbocycles. The van der Waals surface area contributed by atoms with Crippen LogP contribution in [0.2, 0.25) is 5.02 Å². The molecule has 0 aliphatic rings. The third-order valence-corrected chi connectivity index (χ3v) is 7.07. The molecule has 0 aliphatic heterocycles. The van der Waals surface area contributed by atoms with Crippen LogP contribution in [0.1, 0.15) is 16.8 Å². The largest absolute Gasteiger partial charge is 0.374 e. The Morgan fingerprint density at radius 1 is 0.946 bits per heavy atom. The topological polar surface area (TPSA) is 85.8 Å². The Hall–Kier alpha value is -4.33. The smallest absolute Gasteiger partial charge is 0.348 e. The van der Waals surface area contributed by atoms with E-state index in [9.17, 15) is 9.90 Å². The van der Waals surface area contributed by atoms with Crippen LogP contribution in [0.25, 0.3) is 33.1 Å². The predicted molar refractivity (Wildman–Crippen MR) is 144 cm³/mol. The number of rotatable bonds is 4. The highest BCUT2D eigenvalue weighted by Crippen LogP contribution is 2.39. The molecule has 0 radical (unpaired) electrons. The second kappa shape index (κ2) is 8.65. The van der Waals surface area contributed by atoms with Crippen LogP contribution in [0.4, 0.5) is 0 Å². The van der Waals surface area contributed by atoms with E-state index in [1.165, 1.54) is 4.57 Å². The molecule has 0 fully saturated rings. The summed E-state index contributed by atoms with van der Waals surface area (Å²) in [6, 6.07) is 22.4. The summed E-state index contributed by atoms with van der Waals surface area (Å²) in [4.78, 5) is 25.8. The lowest BCUT2D eigenvalue weighted by molar-refractivity contribution is 0.118. The van der Waals surface area contributed by atoms with Gasteiger partial charge < -0.3 is 9.67 Å². The van der Waals surface area contributed by atoms with Crippen molar-refractivity contribution >= 4 is 33.4 Å². The molecule has 7 nitrogen and oxygen atoms in total. The lowest BCUT2D eigenvalue weighted by Gasteiger charge is -2.30. The summed E-state index contributed by atoms with van der Waals surface area (Å²) < 4.78 is 3.30. The van der Waals surface area contributed by atoms with Gasteiger partial charge in [-0.1, -0.05) is 41.9 Å². The molecule has 8 heteroatoms. The highest BCUT2D eigenvalue weighted by atomic mass is 35.5. The second-order valence-electron chi connectivity index (χ2n) is 9.06. The Morgan fingerprint density at radius 3 is 2.54 bits per heavy atom. The molecule has 37 heavy (non-hydrogen) atoms. The van der Waals surface area contributed by atoms with E-state index in [0.29, 0.717) is 44.0 Å². The van der Waals surface area contributed by atoms with Gasteiger partial charge in [0.2, 0.25) is 0 Å². The molecule has 3 heterocycles. The molecule has 6 aromatic rings. The predicted octanol–water partition coefficient (Wildman–Crippen LogP) is 4.82. The van der Waals surface area contributed by atoms with Crippen molar-refractivity contribution in [1.29, 1.82) is 0 Å². The number of aromatic nitrogens is 5. The van der Waals surface area contributed by atoms with E-state index in [1.807, 2.05) is 67.7 Å². The molecule has 0 spiro atoms. The van der Waals surface area contributed by atoms with Gasteiger partial charge in [-0.25, -0.2) is 9.78 Å². The zero-order chi connectivity index (χ0) is 25.7. The minimum Gasteiger partial charge on any atom is -0.374 e. The van der Waals surface area contributed by atoms with Crippen molar-refractivity contribution in [3.05, 3.63) is 124 Å². The first-order valence-electron chi connectivity index (χ1n) is 11.7. The van der Waals surface area contributed by atoms with Gasteiger partial charge in [0.1, 0.15) is 0 Å². The monoisotopic (exact) mass is 507 g/mol. The first kappa shape index (κ1) is 23.1. The molecule has 0 saturated heterocycles. The van der Waals surface area contributed by atoms with Crippen LogP contribution in [-0.4, -0.2) is 29.2 Å². The number of hydrogen-bond acceptors (Lipinski definition) is 5. The second-order valence-corrected chi connectivity index (χ2v) is 9.49.